The summed E-state index contributed by atoms with van der Waals surface area (Å²) in [5.74, 6) is -1.32. The molecule has 1 aliphatic rings. The number of phenols is 4. The van der Waals surface area contributed by atoms with Crippen molar-refractivity contribution in [3.05, 3.63) is 76.9 Å². The first-order valence-corrected chi connectivity index (χ1v) is 8.81. The molecule has 0 fully saturated rings. The van der Waals surface area contributed by atoms with Gasteiger partial charge in [0.05, 0.1) is 18.6 Å². The van der Waals surface area contributed by atoms with Crippen molar-refractivity contribution in [2.24, 2.45) is 0 Å². The van der Waals surface area contributed by atoms with E-state index in [-0.39, 0.29) is 34.3 Å². The van der Waals surface area contributed by atoms with E-state index in [9.17, 15) is 25.2 Å². The van der Waals surface area contributed by atoms with Crippen molar-refractivity contribution in [2.75, 3.05) is 7.11 Å². The highest BCUT2D eigenvalue weighted by molar-refractivity contribution is 5.93. The van der Waals surface area contributed by atoms with Crippen molar-refractivity contribution in [1.29, 1.82) is 0 Å². The number of carbonyl (C=O) groups excluding carboxylic acids is 1. The summed E-state index contributed by atoms with van der Waals surface area (Å²) in [6, 6.07) is 13.2. The molecule has 0 aliphatic carbocycles. The third-order valence-electron chi connectivity index (χ3n) is 4.91. The lowest BCUT2D eigenvalue weighted by Gasteiger charge is -2.21. The lowest BCUT2D eigenvalue weighted by atomic mass is 9.82. The number of aromatic hydroxyl groups is 4. The summed E-state index contributed by atoms with van der Waals surface area (Å²) in [5, 5.41) is 39.7. The van der Waals surface area contributed by atoms with Gasteiger partial charge in [-0.15, -0.1) is 0 Å². The fourth-order valence-corrected chi connectivity index (χ4v) is 3.73. The minimum absolute atomic E-state index is 0.0868. The van der Waals surface area contributed by atoms with Crippen LogP contribution in [-0.4, -0.2) is 33.5 Å². The van der Waals surface area contributed by atoms with E-state index >= 15 is 0 Å². The molecule has 1 heterocycles. The molecule has 0 saturated heterocycles. The number of benzene rings is 3. The van der Waals surface area contributed by atoms with E-state index < -0.39 is 18.0 Å². The molecule has 3 aromatic carbocycles. The smallest absolute Gasteiger partial charge is 0.338 e. The van der Waals surface area contributed by atoms with Gasteiger partial charge in [-0.1, -0.05) is 12.1 Å². The Morgan fingerprint density at radius 1 is 0.828 bits per heavy atom. The Labute approximate surface area is 166 Å². The van der Waals surface area contributed by atoms with Crippen LogP contribution < -0.4 is 4.74 Å². The van der Waals surface area contributed by atoms with Crippen molar-refractivity contribution in [3.8, 4) is 28.7 Å². The monoisotopic (exact) mass is 394 g/mol. The van der Waals surface area contributed by atoms with Gasteiger partial charge in [0.25, 0.3) is 0 Å². The second-order valence-corrected chi connectivity index (χ2v) is 6.79. The predicted molar refractivity (Wildman–Crippen MR) is 103 cm³/mol. The molecule has 1 aliphatic heterocycles. The average molecular weight is 394 g/mol. The fraction of sp³-hybridized carbons (Fsp3) is 0.136. The van der Waals surface area contributed by atoms with E-state index in [0.29, 0.717) is 16.7 Å². The summed E-state index contributed by atoms with van der Waals surface area (Å²) in [6.45, 7) is 0. The lowest BCUT2D eigenvalue weighted by molar-refractivity contribution is 0.0599. The highest BCUT2D eigenvalue weighted by atomic mass is 16.5. The van der Waals surface area contributed by atoms with E-state index in [0.717, 1.165) is 0 Å². The third-order valence-corrected chi connectivity index (χ3v) is 4.91. The maximum Gasteiger partial charge on any atom is 0.338 e. The molecule has 0 spiro atoms. The number of methoxy groups -OCH3 is 1. The highest BCUT2D eigenvalue weighted by Crippen LogP contribution is 2.53. The molecule has 4 N–H and O–H groups in total. The molecular weight excluding hydrogens is 376 g/mol. The van der Waals surface area contributed by atoms with Crippen LogP contribution in [0.2, 0.25) is 0 Å². The van der Waals surface area contributed by atoms with E-state index in [1.54, 1.807) is 12.1 Å². The van der Waals surface area contributed by atoms with Crippen molar-refractivity contribution >= 4 is 5.97 Å². The number of phenolic OH excluding ortho intramolecular Hbond substituents is 4. The van der Waals surface area contributed by atoms with Crippen LogP contribution in [0, 0.1) is 0 Å². The van der Waals surface area contributed by atoms with Crippen LogP contribution in [0.25, 0.3) is 0 Å². The summed E-state index contributed by atoms with van der Waals surface area (Å²) in [4.78, 5) is 12.4. The number of rotatable bonds is 3. The highest BCUT2D eigenvalue weighted by Gasteiger charge is 2.41. The summed E-state index contributed by atoms with van der Waals surface area (Å²) < 4.78 is 11.0. The molecule has 2 atom stereocenters. The Morgan fingerprint density at radius 3 is 2.07 bits per heavy atom. The molecule has 7 heteroatoms. The molecule has 0 aromatic heterocycles. The molecule has 0 radical (unpaired) electrons. The van der Waals surface area contributed by atoms with Crippen molar-refractivity contribution in [2.45, 2.75) is 12.0 Å². The van der Waals surface area contributed by atoms with Crippen LogP contribution >= 0.6 is 0 Å². The van der Waals surface area contributed by atoms with Gasteiger partial charge in [0.1, 0.15) is 34.9 Å². The second kappa shape index (κ2) is 6.94. The van der Waals surface area contributed by atoms with Crippen LogP contribution in [0.15, 0.2) is 54.6 Å². The Hall–Kier alpha value is -3.87. The standard InChI is InChI=1S/C22H18O7/c1-28-22(27)17-9-16(26)10-18-20(17)19(12-6-14(24)8-15(25)7-12)21(29-18)11-2-4-13(23)5-3-11/h2-10,19,21,23-26H,1H3/t19-,21+/m0/s1. The summed E-state index contributed by atoms with van der Waals surface area (Å²) in [6.07, 6.45) is -0.642. The average Bonchev–Trinajstić information content (AvgIpc) is 3.05. The molecule has 0 unspecified atom stereocenters. The summed E-state index contributed by atoms with van der Waals surface area (Å²) in [5.41, 5.74) is 1.80. The number of fused-ring (bicyclic) bond motifs is 1. The van der Waals surface area contributed by atoms with Crippen LogP contribution in [0.4, 0.5) is 0 Å². The zero-order valence-electron chi connectivity index (χ0n) is 15.4. The molecule has 148 valence electrons. The minimum atomic E-state index is -0.651. The molecule has 0 bridgehead atoms. The maximum atomic E-state index is 12.4. The van der Waals surface area contributed by atoms with Crippen LogP contribution in [0.3, 0.4) is 0 Å². The quantitative estimate of drug-likeness (QED) is 0.502. The van der Waals surface area contributed by atoms with Gasteiger partial charge in [0.15, 0.2) is 0 Å². The maximum absolute atomic E-state index is 12.4. The summed E-state index contributed by atoms with van der Waals surface area (Å²) in [7, 11) is 1.24. The summed E-state index contributed by atoms with van der Waals surface area (Å²) >= 11 is 0. The molecule has 0 amide bonds. The van der Waals surface area contributed by atoms with Crippen molar-refractivity contribution in [3.63, 3.8) is 0 Å². The van der Waals surface area contributed by atoms with Gasteiger partial charge in [-0.25, -0.2) is 4.79 Å². The third kappa shape index (κ3) is 3.27. The van der Waals surface area contributed by atoms with Crippen LogP contribution in [0.1, 0.15) is 39.1 Å². The van der Waals surface area contributed by atoms with Crippen LogP contribution in [0.5, 0.6) is 28.7 Å². The first kappa shape index (κ1) is 18.5. The van der Waals surface area contributed by atoms with Crippen molar-refractivity contribution in [1.82, 2.24) is 0 Å². The fourth-order valence-electron chi connectivity index (χ4n) is 3.73. The predicted octanol–water partition coefficient (Wildman–Crippen LogP) is 3.56. The Balaban J connectivity index is 1.96. The molecule has 3 aromatic rings. The minimum Gasteiger partial charge on any atom is -0.508 e. The zero-order valence-corrected chi connectivity index (χ0v) is 15.4. The zero-order chi connectivity index (χ0) is 20.7. The molecule has 4 rings (SSSR count). The van der Waals surface area contributed by atoms with Crippen LogP contribution in [-0.2, 0) is 4.74 Å². The van der Waals surface area contributed by atoms with Gasteiger partial charge in [-0.05, 0) is 41.5 Å². The van der Waals surface area contributed by atoms with E-state index in [1.807, 2.05) is 0 Å². The first-order chi connectivity index (χ1) is 13.9. The van der Waals surface area contributed by atoms with E-state index in [1.165, 1.54) is 49.6 Å². The normalized spacial score (nSPS) is 17.4. The number of hydrogen-bond donors (Lipinski definition) is 4. The Kier molecular flexibility index (Phi) is 4.43. The largest absolute Gasteiger partial charge is 0.508 e. The number of ether oxygens (including phenoxy) is 2. The number of carbonyl (C=O) groups is 1. The molecule has 0 saturated carbocycles. The van der Waals surface area contributed by atoms with Gasteiger partial charge >= 0.3 is 5.97 Å². The van der Waals surface area contributed by atoms with E-state index in [2.05, 4.69) is 0 Å². The van der Waals surface area contributed by atoms with Gasteiger partial charge < -0.3 is 29.9 Å². The number of hydrogen-bond acceptors (Lipinski definition) is 7. The first-order valence-electron chi connectivity index (χ1n) is 8.81. The Bertz CT molecular complexity index is 1070. The van der Waals surface area contributed by atoms with Crippen molar-refractivity contribution < 1.29 is 34.7 Å². The van der Waals surface area contributed by atoms with Gasteiger partial charge in [0, 0.05) is 17.7 Å². The van der Waals surface area contributed by atoms with Gasteiger partial charge in [-0.2, -0.15) is 0 Å². The van der Waals surface area contributed by atoms with Gasteiger partial charge in [-0.3, -0.25) is 0 Å². The Morgan fingerprint density at radius 2 is 1.45 bits per heavy atom. The molecule has 29 heavy (non-hydrogen) atoms. The second-order valence-electron chi connectivity index (χ2n) is 6.79. The topological polar surface area (TPSA) is 116 Å². The number of esters is 1. The lowest BCUT2D eigenvalue weighted by Crippen LogP contribution is -2.13. The molecule has 7 nitrogen and oxygen atoms in total. The SMILES string of the molecule is COC(=O)c1cc(O)cc2c1[C@H](c1cc(O)cc(O)c1)[C@@H](c1ccc(O)cc1)O2. The molecular formula is C22H18O7. The van der Waals surface area contributed by atoms with E-state index in [4.69, 9.17) is 9.47 Å². The van der Waals surface area contributed by atoms with Gasteiger partial charge in [0.2, 0.25) is 0 Å².